The number of likely N-dealkylation sites (tertiary alicyclic amines) is 1. The zero-order valence-electron chi connectivity index (χ0n) is 18.0. The van der Waals surface area contributed by atoms with Gasteiger partial charge < -0.3 is 5.11 Å². The molecule has 4 rings (SSSR count). The van der Waals surface area contributed by atoms with Crippen molar-refractivity contribution in [2.45, 2.75) is 69.7 Å². The third-order valence-electron chi connectivity index (χ3n) is 6.71. The Morgan fingerprint density at radius 3 is 2.50 bits per heavy atom. The monoisotopic (exact) mass is 405 g/mol. The lowest BCUT2D eigenvalue weighted by Gasteiger charge is -2.40. The molecule has 1 saturated heterocycles. The minimum atomic E-state index is -0.926. The second-order valence-corrected chi connectivity index (χ2v) is 8.98. The Hall–Kier alpha value is -2.23. The lowest BCUT2D eigenvalue weighted by Crippen LogP contribution is -2.42. The van der Waals surface area contributed by atoms with Gasteiger partial charge in [-0.15, -0.1) is 0 Å². The molecule has 1 aliphatic heterocycles. The van der Waals surface area contributed by atoms with E-state index in [9.17, 15) is 9.50 Å². The number of hydrogen-bond acceptors (Lipinski definition) is 2. The minimum absolute atomic E-state index is 0.128. The Bertz CT molecular complexity index is 917. The summed E-state index contributed by atoms with van der Waals surface area (Å²) in [5, 5.41) is 11.3. The van der Waals surface area contributed by atoms with Crippen LogP contribution in [0.15, 0.2) is 78.4 Å². The van der Waals surface area contributed by atoms with Crippen LogP contribution in [0.5, 0.6) is 0 Å². The summed E-state index contributed by atoms with van der Waals surface area (Å²) in [6.07, 6.45) is 11.3. The molecular formula is C27H32FNO. The summed E-state index contributed by atoms with van der Waals surface area (Å²) < 4.78 is 15.0. The molecule has 0 bridgehead atoms. The van der Waals surface area contributed by atoms with Gasteiger partial charge in [-0.2, -0.15) is 0 Å². The molecule has 30 heavy (non-hydrogen) atoms. The van der Waals surface area contributed by atoms with E-state index in [4.69, 9.17) is 0 Å². The van der Waals surface area contributed by atoms with Crippen LogP contribution in [0.2, 0.25) is 0 Å². The number of rotatable bonds is 6. The fourth-order valence-electron chi connectivity index (χ4n) is 5.18. The van der Waals surface area contributed by atoms with Gasteiger partial charge in [-0.05, 0) is 63.2 Å². The second-order valence-electron chi connectivity index (χ2n) is 8.98. The molecule has 2 aromatic rings. The number of aliphatic hydroxyl groups is 1. The first-order valence-corrected chi connectivity index (χ1v) is 11.1. The summed E-state index contributed by atoms with van der Waals surface area (Å²) in [6.45, 7) is 4.14. The number of benzene rings is 2. The van der Waals surface area contributed by atoms with Crippen LogP contribution in [0.1, 0.15) is 63.1 Å². The lowest BCUT2D eigenvalue weighted by atomic mass is 9.86. The Labute approximate surface area is 179 Å². The molecule has 158 valence electrons. The van der Waals surface area contributed by atoms with Crippen molar-refractivity contribution in [3.05, 3.63) is 95.3 Å². The van der Waals surface area contributed by atoms with Crippen molar-refractivity contribution >= 4 is 0 Å². The summed E-state index contributed by atoms with van der Waals surface area (Å²) in [4.78, 5) is 2.46. The molecule has 2 nitrogen and oxygen atoms in total. The van der Waals surface area contributed by atoms with Crippen molar-refractivity contribution in [1.82, 2.24) is 4.90 Å². The predicted octanol–water partition coefficient (Wildman–Crippen LogP) is 6.29. The standard InChI is InChI=1S/C27H32FNO/c1-20-17-18-23(19-27(2,30)22-13-7-4-8-14-22)29(20)26(21-11-5-3-6-12-21)24-15-9-10-16-25(24)28/h4-5,7-16,20,23,26,30H,3,6,17-19H2,1-2H3. The van der Waals surface area contributed by atoms with E-state index in [0.29, 0.717) is 12.5 Å². The van der Waals surface area contributed by atoms with Crippen LogP contribution in [0.25, 0.3) is 0 Å². The Kier molecular flexibility index (Phi) is 6.21. The average Bonchev–Trinajstić information content (AvgIpc) is 3.10. The van der Waals surface area contributed by atoms with E-state index in [1.54, 1.807) is 12.1 Å². The highest BCUT2D eigenvalue weighted by atomic mass is 19.1. The number of hydrogen-bond donors (Lipinski definition) is 1. The minimum Gasteiger partial charge on any atom is -0.385 e. The Balaban J connectivity index is 1.70. The quantitative estimate of drug-likeness (QED) is 0.610. The lowest BCUT2D eigenvalue weighted by molar-refractivity contribution is 0.0113. The van der Waals surface area contributed by atoms with E-state index in [1.807, 2.05) is 49.4 Å². The van der Waals surface area contributed by atoms with Crippen molar-refractivity contribution in [1.29, 1.82) is 0 Å². The fraction of sp³-hybridized carbons (Fsp3) is 0.407. The molecule has 4 unspecified atom stereocenters. The summed E-state index contributed by atoms with van der Waals surface area (Å²) in [7, 11) is 0. The summed E-state index contributed by atoms with van der Waals surface area (Å²) in [5.41, 5.74) is 1.91. The van der Waals surface area contributed by atoms with Gasteiger partial charge in [0, 0.05) is 17.6 Å². The molecular weight excluding hydrogens is 373 g/mol. The van der Waals surface area contributed by atoms with E-state index in [0.717, 1.165) is 36.8 Å². The smallest absolute Gasteiger partial charge is 0.128 e. The molecule has 0 spiro atoms. The topological polar surface area (TPSA) is 23.5 Å². The maximum Gasteiger partial charge on any atom is 0.128 e. The molecule has 2 aliphatic rings. The van der Waals surface area contributed by atoms with E-state index in [2.05, 4.69) is 30.1 Å². The first-order valence-electron chi connectivity index (χ1n) is 11.1. The molecule has 1 heterocycles. The van der Waals surface area contributed by atoms with Gasteiger partial charge in [-0.1, -0.05) is 66.8 Å². The zero-order chi connectivity index (χ0) is 21.1. The van der Waals surface area contributed by atoms with E-state index >= 15 is 0 Å². The predicted molar refractivity (Wildman–Crippen MR) is 121 cm³/mol. The normalized spacial score (nSPS) is 25.0. The largest absolute Gasteiger partial charge is 0.385 e. The Morgan fingerprint density at radius 1 is 1.07 bits per heavy atom. The van der Waals surface area contributed by atoms with Gasteiger partial charge in [-0.3, -0.25) is 4.90 Å². The van der Waals surface area contributed by atoms with Crippen LogP contribution in [0.4, 0.5) is 4.39 Å². The maximum atomic E-state index is 15.0. The van der Waals surface area contributed by atoms with Crippen molar-refractivity contribution in [3.8, 4) is 0 Å². The summed E-state index contributed by atoms with van der Waals surface area (Å²) in [5.74, 6) is -0.157. The van der Waals surface area contributed by atoms with Gasteiger partial charge in [0.25, 0.3) is 0 Å². The van der Waals surface area contributed by atoms with Crippen LogP contribution in [-0.4, -0.2) is 22.1 Å². The molecule has 1 aliphatic carbocycles. The first kappa shape index (κ1) is 21.0. The molecule has 1 fully saturated rings. The van der Waals surface area contributed by atoms with Crippen LogP contribution >= 0.6 is 0 Å². The molecule has 0 radical (unpaired) electrons. The third-order valence-corrected chi connectivity index (χ3v) is 6.71. The molecule has 1 N–H and O–H groups in total. The van der Waals surface area contributed by atoms with Crippen LogP contribution < -0.4 is 0 Å². The number of nitrogens with zero attached hydrogens (tertiary/aromatic N) is 1. The first-order chi connectivity index (χ1) is 14.5. The van der Waals surface area contributed by atoms with Gasteiger partial charge in [0.2, 0.25) is 0 Å². The highest BCUT2D eigenvalue weighted by molar-refractivity contribution is 5.37. The summed E-state index contributed by atoms with van der Waals surface area (Å²) in [6, 6.07) is 17.4. The van der Waals surface area contributed by atoms with Gasteiger partial charge in [0.15, 0.2) is 0 Å². The summed E-state index contributed by atoms with van der Waals surface area (Å²) >= 11 is 0. The highest BCUT2D eigenvalue weighted by Gasteiger charge is 2.41. The fourth-order valence-corrected chi connectivity index (χ4v) is 5.18. The zero-order valence-corrected chi connectivity index (χ0v) is 18.0. The average molecular weight is 406 g/mol. The van der Waals surface area contributed by atoms with Crippen LogP contribution in [-0.2, 0) is 5.60 Å². The SMILES string of the molecule is CC1CCC(CC(C)(O)c2ccccc2)N1C(C1=CCCC=C1)c1ccccc1F. The van der Waals surface area contributed by atoms with Crippen LogP contribution in [0, 0.1) is 5.82 Å². The van der Waals surface area contributed by atoms with Gasteiger partial charge >= 0.3 is 0 Å². The van der Waals surface area contributed by atoms with Crippen molar-refractivity contribution < 1.29 is 9.50 Å². The number of allylic oxidation sites excluding steroid dienone is 2. The molecule has 0 amide bonds. The van der Waals surface area contributed by atoms with E-state index in [-0.39, 0.29) is 17.9 Å². The van der Waals surface area contributed by atoms with E-state index in [1.165, 1.54) is 5.57 Å². The molecule has 2 aromatic carbocycles. The maximum absolute atomic E-state index is 15.0. The molecule has 0 saturated carbocycles. The van der Waals surface area contributed by atoms with E-state index < -0.39 is 5.60 Å². The third kappa shape index (κ3) is 4.28. The second kappa shape index (κ2) is 8.87. The van der Waals surface area contributed by atoms with Gasteiger partial charge in [0.1, 0.15) is 5.82 Å². The van der Waals surface area contributed by atoms with Gasteiger partial charge in [-0.25, -0.2) is 4.39 Å². The molecule has 3 heteroatoms. The number of halogens is 1. The Morgan fingerprint density at radius 2 is 1.80 bits per heavy atom. The van der Waals surface area contributed by atoms with Crippen molar-refractivity contribution in [2.24, 2.45) is 0 Å². The van der Waals surface area contributed by atoms with Gasteiger partial charge in [0.05, 0.1) is 11.6 Å². The van der Waals surface area contributed by atoms with Crippen molar-refractivity contribution in [3.63, 3.8) is 0 Å². The molecule has 0 aromatic heterocycles. The molecule has 4 atom stereocenters. The highest BCUT2D eigenvalue weighted by Crippen LogP contribution is 2.43. The van der Waals surface area contributed by atoms with Crippen molar-refractivity contribution in [2.75, 3.05) is 0 Å². The van der Waals surface area contributed by atoms with Crippen LogP contribution in [0.3, 0.4) is 0 Å².